The smallest absolute Gasteiger partial charge is 0.274 e. The SMILES string of the molecule is Cc1cc(=O)n2[nH]c(-c3c(N)sc(C)c3C)nc2n1. The first-order valence-electron chi connectivity index (χ1n) is 5.79. The predicted octanol–water partition coefficient (Wildman–Crippen LogP) is 1.65. The Morgan fingerprint density at radius 3 is 2.68 bits per heavy atom. The third kappa shape index (κ3) is 1.74. The quantitative estimate of drug-likeness (QED) is 0.706. The number of H-pyrrole nitrogens is 1. The highest BCUT2D eigenvalue weighted by atomic mass is 32.1. The number of nitrogens with two attached hydrogens (primary N) is 1. The van der Waals surface area contributed by atoms with E-state index in [9.17, 15) is 4.79 Å². The lowest BCUT2D eigenvalue weighted by molar-refractivity contribution is 0.892. The minimum Gasteiger partial charge on any atom is -0.390 e. The number of anilines is 1. The predicted molar refractivity (Wildman–Crippen MR) is 75.5 cm³/mol. The van der Waals surface area contributed by atoms with E-state index in [1.54, 1.807) is 6.92 Å². The largest absolute Gasteiger partial charge is 0.390 e. The molecule has 6 nitrogen and oxygen atoms in total. The Kier molecular flexibility index (Phi) is 2.46. The number of hydrogen-bond acceptors (Lipinski definition) is 5. The zero-order chi connectivity index (χ0) is 13.7. The van der Waals surface area contributed by atoms with E-state index < -0.39 is 0 Å². The zero-order valence-electron chi connectivity index (χ0n) is 10.8. The van der Waals surface area contributed by atoms with Crippen molar-refractivity contribution in [3.05, 3.63) is 32.6 Å². The van der Waals surface area contributed by atoms with Gasteiger partial charge in [0.05, 0.1) is 10.6 Å². The normalized spacial score (nSPS) is 11.3. The third-order valence-electron chi connectivity index (χ3n) is 3.11. The number of fused-ring (bicyclic) bond motifs is 1. The summed E-state index contributed by atoms with van der Waals surface area (Å²) >= 11 is 1.52. The molecule has 0 spiro atoms. The van der Waals surface area contributed by atoms with E-state index in [2.05, 4.69) is 15.1 Å². The van der Waals surface area contributed by atoms with Crippen LogP contribution in [-0.4, -0.2) is 19.6 Å². The topological polar surface area (TPSA) is 89.1 Å². The molecule has 3 N–H and O–H groups in total. The molecule has 19 heavy (non-hydrogen) atoms. The minimum atomic E-state index is -0.176. The molecule has 98 valence electrons. The maximum Gasteiger partial charge on any atom is 0.274 e. The van der Waals surface area contributed by atoms with Crippen LogP contribution in [0.25, 0.3) is 17.2 Å². The van der Waals surface area contributed by atoms with Gasteiger partial charge in [0.25, 0.3) is 11.3 Å². The molecule has 3 heterocycles. The molecule has 0 saturated carbocycles. The average molecular weight is 275 g/mol. The number of nitrogens with one attached hydrogen (secondary N) is 1. The molecule has 3 rings (SSSR count). The van der Waals surface area contributed by atoms with Gasteiger partial charge in [-0.25, -0.2) is 4.98 Å². The Labute approximate surface area is 112 Å². The number of aromatic amines is 1. The number of nitrogens with zero attached hydrogens (tertiary/aromatic N) is 3. The number of aromatic nitrogens is 4. The number of thiophene rings is 1. The van der Waals surface area contributed by atoms with Gasteiger partial charge in [0.2, 0.25) is 0 Å². The van der Waals surface area contributed by atoms with Crippen molar-refractivity contribution in [1.29, 1.82) is 0 Å². The summed E-state index contributed by atoms with van der Waals surface area (Å²) in [5.41, 5.74) is 8.41. The maximum atomic E-state index is 11.8. The van der Waals surface area contributed by atoms with Gasteiger partial charge >= 0.3 is 0 Å². The summed E-state index contributed by atoms with van der Waals surface area (Å²) in [6.07, 6.45) is 0. The van der Waals surface area contributed by atoms with Crippen molar-refractivity contribution >= 4 is 22.1 Å². The summed E-state index contributed by atoms with van der Waals surface area (Å²) in [6, 6.07) is 1.46. The molecule has 0 saturated heterocycles. The monoisotopic (exact) mass is 275 g/mol. The van der Waals surface area contributed by atoms with Gasteiger partial charge in [0.1, 0.15) is 0 Å². The Morgan fingerprint density at radius 2 is 2.05 bits per heavy atom. The number of rotatable bonds is 1. The molecule has 0 bridgehead atoms. The first-order valence-corrected chi connectivity index (χ1v) is 6.61. The summed E-state index contributed by atoms with van der Waals surface area (Å²) in [7, 11) is 0. The van der Waals surface area contributed by atoms with Gasteiger partial charge in [-0.3, -0.25) is 9.89 Å². The Hall–Kier alpha value is -2.15. The second-order valence-corrected chi connectivity index (χ2v) is 5.72. The van der Waals surface area contributed by atoms with Crippen LogP contribution in [-0.2, 0) is 0 Å². The van der Waals surface area contributed by atoms with Crippen LogP contribution >= 0.6 is 11.3 Å². The fourth-order valence-electron chi connectivity index (χ4n) is 2.05. The van der Waals surface area contributed by atoms with Crippen LogP contribution in [0.1, 0.15) is 16.1 Å². The Balaban J connectivity index is 2.32. The van der Waals surface area contributed by atoms with Crippen LogP contribution in [0.3, 0.4) is 0 Å². The highest BCUT2D eigenvalue weighted by molar-refractivity contribution is 7.16. The average Bonchev–Trinajstić information content (AvgIpc) is 2.81. The van der Waals surface area contributed by atoms with E-state index in [0.717, 1.165) is 16.0 Å². The zero-order valence-corrected chi connectivity index (χ0v) is 11.6. The molecule has 0 aliphatic heterocycles. The van der Waals surface area contributed by atoms with Crippen molar-refractivity contribution in [1.82, 2.24) is 19.6 Å². The number of aryl methyl sites for hydroxylation is 2. The van der Waals surface area contributed by atoms with E-state index >= 15 is 0 Å². The van der Waals surface area contributed by atoms with Crippen molar-refractivity contribution in [2.24, 2.45) is 0 Å². The summed E-state index contributed by atoms with van der Waals surface area (Å²) < 4.78 is 1.33. The molecular formula is C12H13N5OS. The van der Waals surface area contributed by atoms with Crippen molar-refractivity contribution < 1.29 is 0 Å². The van der Waals surface area contributed by atoms with Gasteiger partial charge in [-0.1, -0.05) is 0 Å². The highest BCUT2D eigenvalue weighted by Gasteiger charge is 2.16. The molecule has 0 aliphatic carbocycles. The molecule has 0 unspecified atom stereocenters. The molecule has 0 aliphatic rings. The lowest BCUT2D eigenvalue weighted by Gasteiger charge is -1.96. The fraction of sp³-hybridized carbons (Fsp3) is 0.250. The first-order chi connectivity index (χ1) is 8.97. The summed E-state index contributed by atoms with van der Waals surface area (Å²) in [5, 5.41) is 3.65. The number of hydrogen-bond donors (Lipinski definition) is 2. The molecule has 3 aromatic heterocycles. The van der Waals surface area contributed by atoms with Gasteiger partial charge < -0.3 is 5.73 Å². The van der Waals surface area contributed by atoms with Crippen molar-refractivity contribution in [3.8, 4) is 11.4 Å². The van der Waals surface area contributed by atoms with Gasteiger partial charge in [-0.15, -0.1) is 11.3 Å². The standard InChI is InChI=1S/C12H13N5OS/c1-5-4-8(18)17-12(14-5)15-11(16-17)9-6(2)7(3)19-10(9)13/h4H,13H2,1-3H3,(H,14,15,16). The lowest BCUT2D eigenvalue weighted by Crippen LogP contribution is -2.14. The summed E-state index contributed by atoms with van der Waals surface area (Å²) in [6.45, 7) is 5.77. The van der Waals surface area contributed by atoms with Crippen molar-refractivity contribution in [3.63, 3.8) is 0 Å². The van der Waals surface area contributed by atoms with Crippen LogP contribution in [0.2, 0.25) is 0 Å². The van der Waals surface area contributed by atoms with Crippen molar-refractivity contribution in [2.75, 3.05) is 5.73 Å². The molecule has 0 aromatic carbocycles. The molecule has 3 aromatic rings. The molecule has 7 heteroatoms. The first kappa shape index (κ1) is 11.9. The second kappa shape index (κ2) is 3.92. The third-order valence-corrected chi connectivity index (χ3v) is 4.14. The molecule has 0 amide bonds. The molecule has 0 atom stereocenters. The van der Waals surface area contributed by atoms with Gasteiger partial charge in [-0.2, -0.15) is 9.50 Å². The maximum absolute atomic E-state index is 11.8. The van der Waals surface area contributed by atoms with Crippen LogP contribution in [0.5, 0.6) is 0 Å². The van der Waals surface area contributed by atoms with E-state index in [-0.39, 0.29) is 5.56 Å². The van der Waals surface area contributed by atoms with Crippen molar-refractivity contribution in [2.45, 2.75) is 20.8 Å². The fourth-order valence-corrected chi connectivity index (χ4v) is 2.99. The molecule has 0 fully saturated rings. The van der Waals surface area contributed by atoms with E-state index in [1.807, 2.05) is 13.8 Å². The van der Waals surface area contributed by atoms with Gasteiger partial charge in [-0.05, 0) is 26.3 Å². The molecule has 0 radical (unpaired) electrons. The number of nitrogen functional groups attached to an aromatic ring is 1. The summed E-state index contributed by atoms with van der Waals surface area (Å²) in [4.78, 5) is 21.6. The summed E-state index contributed by atoms with van der Waals surface area (Å²) in [5.74, 6) is 0.942. The van der Waals surface area contributed by atoms with Gasteiger partial charge in [0, 0.05) is 16.6 Å². The highest BCUT2D eigenvalue weighted by Crippen LogP contribution is 2.36. The van der Waals surface area contributed by atoms with E-state index in [1.165, 1.54) is 21.9 Å². The lowest BCUT2D eigenvalue weighted by atomic mass is 10.1. The second-order valence-electron chi connectivity index (χ2n) is 4.47. The van der Waals surface area contributed by atoms with Crippen LogP contribution in [0.15, 0.2) is 10.9 Å². The van der Waals surface area contributed by atoms with E-state index in [0.29, 0.717) is 22.3 Å². The van der Waals surface area contributed by atoms with Crippen LogP contribution < -0.4 is 11.3 Å². The van der Waals surface area contributed by atoms with E-state index in [4.69, 9.17) is 5.73 Å². The molecular weight excluding hydrogens is 262 g/mol. The minimum absolute atomic E-state index is 0.176. The Morgan fingerprint density at radius 1 is 1.32 bits per heavy atom. The van der Waals surface area contributed by atoms with Gasteiger partial charge in [0.15, 0.2) is 5.82 Å². The van der Waals surface area contributed by atoms with Crippen LogP contribution in [0, 0.1) is 20.8 Å². The van der Waals surface area contributed by atoms with Crippen LogP contribution in [0.4, 0.5) is 5.00 Å². The Bertz CT molecular complexity index is 842.